The fourth-order valence-electron chi connectivity index (χ4n) is 4.18. The molecule has 0 radical (unpaired) electrons. The summed E-state index contributed by atoms with van der Waals surface area (Å²) in [5, 5.41) is 0.318. The van der Waals surface area contributed by atoms with Crippen molar-refractivity contribution >= 4 is 22.8 Å². The maximum atomic E-state index is 14.9. The van der Waals surface area contributed by atoms with E-state index in [-0.39, 0.29) is 12.0 Å². The standard InChI is InChI=1S/C25H23ClFN5O2/c1-13-14(2)30-25-23(29-13)22(18-5-4-17(26)12-19(18)27)31-24(32-25)16-7-9-34-20(10-16)15-6-8-28-21(11-15)33-3/h4-6,8,11-12,16,20H,7,9-10H2,1-3H3/t16-,20+/m0/s1. The summed E-state index contributed by atoms with van der Waals surface area (Å²) in [4.78, 5) is 23.1. The smallest absolute Gasteiger partial charge is 0.213 e. The molecule has 174 valence electrons. The average Bonchev–Trinajstić information content (AvgIpc) is 2.84. The molecule has 0 bridgehead atoms. The molecule has 7 nitrogen and oxygen atoms in total. The first-order valence-corrected chi connectivity index (χ1v) is 11.4. The van der Waals surface area contributed by atoms with Gasteiger partial charge in [0.1, 0.15) is 22.9 Å². The van der Waals surface area contributed by atoms with E-state index >= 15 is 0 Å². The van der Waals surface area contributed by atoms with Gasteiger partial charge in [0.25, 0.3) is 0 Å². The van der Waals surface area contributed by atoms with E-state index in [1.54, 1.807) is 25.4 Å². The molecule has 9 heteroatoms. The Morgan fingerprint density at radius 2 is 1.88 bits per heavy atom. The van der Waals surface area contributed by atoms with Crippen LogP contribution in [0.4, 0.5) is 4.39 Å². The predicted molar refractivity (Wildman–Crippen MR) is 126 cm³/mol. The van der Waals surface area contributed by atoms with Crippen LogP contribution in [0.3, 0.4) is 0 Å². The molecule has 0 N–H and O–H groups in total. The molecule has 0 unspecified atom stereocenters. The van der Waals surface area contributed by atoms with Gasteiger partial charge in [0.2, 0.25) is 5.88 Å². The Morgan fingerprint density at radius 1 is 1.06 bits per heavy atom. The second kappa shape index (κ2) is 9.19. The Morgan fingerprint density at radius 3 is 2.68 bits per heavy atom. The molecule has 0 aliphatic carbocycles. The lowest BCUT2D eigenvalue weighted by atomic mass is 9.91. The Bertz CT molecular complexity index is 1380. The lowest BCUT2D eigenvalue weighted by Gasteiger charge is -2.29. The van der Waals surface area contributed by atoms with Crippen molar-refractivity contribution in [2.24, 2.45) is 0 Å². The van der Waals surface area contributed by atoms with Gasteiger partial charge in [0, 0.05) is 35.4 Å². The molecule has 34 heavy (non-hydrogen) atoms. The summed E-state index contributed by atoms with van der Waals surface area (Å²) in [6.07, 6.45) is 2.96. The van der Waals surface area contributed by atoms with Gasteiger partial charge in [0.15, 0.2) is 5.65 Å². The van der Waals surface area contributed by atoms with Crippen LogP contribution in [0.2, 0.25) is 5.02 Å². The molecule has 1 aliphatic rings. The summed E-state index contributed by atoms with van der Waals surface area (Å²) < 4.78 is 26.2. The van der Waals surface area contributed by atoms with Gasteiger partial charge >= 0.3 is 0 Å². The molecule has 0 amide bonds. The number of halogens is 2. The number of benzene rings is 1. The molecule has 1 saturated heterocycles. The first kappa shape index (κ1) is 22.6. The average molecular weight is 480 g/mol. The van der Waals surface area contributed by atoms with Crippen molar-refractivity contribution in [3.8, 4) is 17.1 Å². The zero-order valence-electron chi connectivity index (χ0n) is 19.0. The van der Waals surface area contributed by atoms with E-state index in [4.69, 9.17) is 31.0 Å². The van der Waals surface area contributed by atoms with Crippen LogP contribution in [0.1, 0.15) is 47.6 Å². The third kappa shape index (κ3) is 4.31. The number of fused-ring (bicyclic) bond motifs is 1. The second-order valence-electron chi connectivity index (χ2n) is 8.33. The number of pyridine rings is 1. The van der Waals surface area contributed by atoms with E-state index in [9.17, 15) is 4.39 Å². The van der Waals surface area contributed by atoms with Crippen molar-refractivity contribution in [1.82, 2.24) is 24.9 Å². The maximum absolute atomic E-state index is 14.9. The number of aryl methyl sites for hydroxylation is 2. The van der Waals surface area contributed by atoms with Crippen LogP contribution in [-0.4, -0.2) is 38.6 Å². The van der Waals surface area contributed by atoms with Crippen molar-refractivity contribution in [3.05, 3.63) is 70.1 Å². The van der Waals surface area contributed by atoms with Gasteiger partial charge in [0.05, 0.1) is 24.6 Å². The molecular formula is C25H23ClFN5O2. The summed E-state index contributed by atoms with van der Waals surface area (Å²) >= 11 is 5.99. The van der Waals surface area contributed by atoms with Crippen LogP contribution >= 0.6 is 11.6 Å². The molecular weight excluding hydrogens is 457 g/mol. The minimum atomic E-state index is -0.466. The van der Waals surface area contributed by atoms with E-state index in [0.717, 1.165) is 23.4 Å². The minimum Gasteiger partial charge on any atom is -0.481 e. The molecule has 3 aromatic heterocycles. The number of hydrogen-bond donors (Lipinski definition) is 0. The van der Waals surface area contributed by atoms with Gasteiger partial charge in [-0.25, -0.2) is 29.3 Å². The highest BCUT2D eigenvalue weighted by atomic mass is 35.5. The van der Waals surface area contributed by atoms with Crippen molar-refractivity contribution in [3.63, 3.8) is 0 Å². The first-order chi connectivity index (χ1) is 16.4. The van der Waals surface area contributed by atoms with E-state index < -0.39 is 5.82 Å². The fourth-order valence-corrected chi connectivity index (χ4v) is 4.34. The third-order valence-electron chi connectivity index (χ3n) is 6.13. The van der Waals surface area contributed by atoms with E-state index in [1.165, 1.54) is 6.07 Å². The molecule has 0 saturated carbocycles. The molecule has 5 rings (SSSR count). The highest BCUT2D eigenvalue weighted by Crippen LogP contribution is 2.38. The minimum absolute atomic E-state index is 0.000157. The summed E-state index contributed by atoms with van der Waals surface area (Å²) in [5.41, 5.74) is 4.15. The fraction of sp³-hybridized carbons (Fsp3) is 0.320. The third-order valence-corrected chi connectivity index (χ3v) is 6.37. The monoisotopic (exact) mass is 479 g/mol. The van der Waals surface area contributed by atoms with E-state index in [0.29, 0.717) is 52.2 Å². The number of aromatic nitrogens is 5. The van der Waals surface area contributed by atoms with E-state index in [2.05, 4.69) is 15.0 Å². The predicted octanol–water partition coefficient (Wildman–Crippen LogP) is 5.54. The van der Waals surface area contributed by atoms with Gasteiger partial charge in [-0.15, -0.1) is 0 Å². The zero-order chi connectivity index (χ0) is 23.8. The number of ether oxygens (including phenoxy) is 2. The SMILES string of the molecule is COc1cc([C@H]2C[C@@H](c3nc(-c4ccc(Cl)cc4F)c4nc(C)c(C)nc4n3)CCO2)ccn1. The number of methoxy groups -OCH3 is 1. The van der Waals surface area contributed by atoms with Crippen molar-refractivity contribution in [2.45, 2.75) is 38.7 Å². The number of nitrogens with zero attached hydrogens (tertiary/aromatic N) is 5. The molecule has 1 aliphatic heterocycles. The van der Waals surface area contributed by atoms with Gasteiger partial charge in [-0.3, -0.25) is 0 Å². The van der Waals surface area contributed by atoms with Crippen molar-refractivity contribution in [1.29, 1.82) is 0 Å². The van der Waals surface area contributed by atoms with Gasteiger partial charge in [-0.05, 0) is 56.5 Å². The Hall–Kier alpha value is -3.23. The Kier molecular flexibility index (Phi) is 6.10. The molecule has 0 spiro atoms. The topological polar surface area (TPSA) is 82.9 Å². The zero-order valence-corrected chi connectivity index (χ0v) is 19.8. The van der Waals surface area contributed by atoms with Crippen molar-refractivity contribution < 1.29 is 13.9 Å². The summed E-state index contributed by atoms with van der Waals surface area (Å²) in [5.74, 6) is 0.669. The molecule has 4 aromatic rings. The lowest BCUT2D eigenvalue weighted by molar-refractivity contribution is 0.00385. The van der Waals surface area contributed by atoms with Gasteiger partial charge in [-0.1, -0.05) is 11.6 Å². The lowest BCUT2D eigenvalue weighted by Crippen LogP contribution is -2.21. The number of hydrogen-bond acceptors (Lipinski definition) is 7. The summed E-state index contributed by atoms with van der Waals surface area (Å²) in [6.45, 7) is 4.29. The summed E-state index contributed by atoms with van der Waals surface area (Å²) in [7, 11) is 1.59. The number of rotatable bonds is 4. The molecule has 1 aromatic carbocycles. The van der Waals surface area contributed by atoms with Crippen LogP contribution in [0.25, 0.3) is 22.4 Å². The molecule has 4 heterocycles. The van der Waals surface area contributed by atoms with Crippen LogP contribution in [0.15, 0.2) is 36.5 Å². The first-order valence-electron chi connectivity index (χ1n) is 11.0. The normalized spacial score (nSPS) is 18.3. The van der Waals surface area contributed by atoms with Crippen LogP contribution in [-0.2, 0) is 4.74 Å². The molecule has 1 fully saturated rings. The largest absolute Gasteiger partial charge is 0.481 e. The summed E-state index contributed by atoms with van der Waals surface area (Å²) in [6, 6.07) is 8.34. The van der Waals surface area contributed by atoms with Gasteiger partial charge in [-0.2, -0.15) is 0 Å². The Labute approximate surface area is 201 Å². The highest BCUT2D eigenvalue weighted by molar-refractivity contribution is 6.30. The van der Waals surface area contributed by atoms with Crippen LogP contribution < -0.4 is 4.74 Å². The Balaban J connectivity index is 1.60. The van der Waals surface area contributed by atoms with E-state index in [1.807, 2.05) is 26.0 Å². The van der Waals surface area contributed by atoms with Gasteiger partial charge < -0.3 is 9.47 Å². The molecule has 2 atom stereocenters. The quantitative estimate of drug-likeness (QED) is 0.380. The van der Waals surface area contributed by atoms with Crippen LogP contribution in [0, 0.1) is 19.7 Å². The second-order valence-corrected chi connectivity index (χ2v) is 8.77. The van der Waals surface area contributed by atoms with Crippen LogP contribution in [0.5, 0.6) is 5.88 Å². The highest BCUT2D eigenvalue weighted by Gasteiger charge is 2.29. The van der Waals surface area contributed by atoms with Crippen molar-refractivity contribution in [2.75, 3.05) is 13.7 Å². The maximum Gasteiger partial charge on any atom is 0.213 e.